The number of carbonyl (C=O) groups is 2. The number of anilines is 2. The summed E-state index contributed by atoms with van der Waals surface area (Å²) >= 11 is 1.46. The number of piperazine rings is 1. The van der Waals surface area contributed by atoms with E-state index in [2.05, 4.69) is 55.2 Å². The third-order valence-electron chi connectivity index (χ3n) is 6.67. The highest BCUT2D eigenvalue weighted by atomic mass is 32.1. The number of ether oxygens (including phenoxy) is 1. The molecule has 0 saturated carbocycles. The Bertz CT molecular complexity index is 1140. The molecule has 1 aromatic carbocycles. The topological polar surface area (TPSA) is 73.9 Å². The van der Waals surface area contributed by atoms with E-state index < -0.39 is 11.6 Å². The molecule has 1 aromatic heterocycles. The number of thiophene rings is 1. The molecule has 3 heterocycles. The summed E-state index contributed by atoms with van der Waals surface area (Å²) in [5, 5.41) is 7.28. The average Bonchev–Trinajstić information content (AvgIpc) is 3.10. The molecule has 2 aliphatic heterocycles. The molecular formula is C28H40N4O3S. The quantitative estimate of drug-likeness (QED) is 0.570. The highest BCUT2D eigenvalue weighted by molar-refractivity contribution is 7.17. The maximum Gasteiger partial charge on any atom is 0.341 e. The van der Waals surface area contributed by atoms with Gasteiger partial charge in [-0.1, -0.05) is 0 Å². The third-order valence-corrected chi connectivity index (χ3v) is 8.14. The number of hydrogen-bond acceptors (Lipinski definition) is 7. The maximum absolute atomic E-state index is 13.4. The van der Waals surface area contributed by atoms with Crippen LogP contribution in [0, 0.1) is 0 Å². The molecule has 0 aliphatic carbocycles. The summed E-state index contributed by atoms with van der Waals surface area (Å²) in [4.78, 5) is 32.4. The van der Waals surface area contributed by atoms with Crippen LogP contribution in [0.3, 0.4) is 0 Å². The molecule has 1 amide bonds. The number of rotatable bonds is 4. The largest absolute Gasteiger partial charge is 0.456 e. The maximum atomic E-state index is 13.4. The first kappa shape index (κ1) is 26.6. The zero-order valence-corrected chi connectivity index (χ0v) is 23.7. The minimum atomic E-state index is -0.635. The number of nitrogens with one attached hydrogen (secondary N) is 2. The van der Waals surface area contributed by atoms with Crippen LogP contribution in [0.2, 0.25) is 0 Å². The van der Waals surface area contributed by atoms with Crippen molar-refractivity contribution in [3.63, 3.8) is 0 Å². The second-order valence-electron chi connectivity index (χ2n) is 12.2. The van der Waals surface area contributed by atoms with Gasteiger partial charge in [-0.3, -0.25) is 4.79 Å². The van der Waals surface area contributed by atoms with Gasteiger partial charge in [0.2, 0.25) is 0 Å². The molecule has 8 heteroatoms. The van der Waals surface area contributed by atoms with Crippen molar-refractivity contribution in [2.45, 2.75) is 71.6 Å². The molecule has 196 valence electrons. The number of likely N-dealkylation sites (N-methyl/N-ethyl adjacent to an activating group) is 1. The van der Waals surface area contributed by atoms with Crippen molar-refractivity contribution < 1.29 is 14.3 Å². The summed E-state index contributed by atoms with van der Waals surface area (Å²) in [5.74, 6) is -0.623. The summed E-state index contributed by atoms with van der Waals surface area (Å²) in [7, 11) is 2.14. The zero-order chi connectivity index (χ0) is 26.5. The lowest BCUT2D eigenvalue weighted by Crippen LogP contribution is -2.55. The number of fused-ring (bicyclic) bond motifs is 1. The van der Waals surface area contributed by atoms with Crippen LogP contribution >= 0.6 is 11.3 Å². The van der Waals surface area contributed by atoms with Crippen LogP contribution in [-0.2, 0) is 16.7 Å². The molecule has 0 atom stereocenters. The van der Waals surface area contributed by atoms with Crippen LogP contribution in [0.1, 0.15) is 79.6 Å². The van der Waals surface area contributed by atoms with Gasteiger partial charge in [0.1, 0.15) is 10.6 Å². The third kappa shape index (κ3) is 5.76. The number of benzene rings is 1. The molecule has 2 N–H and O–H groups in total. The Labute approximate surface area is 219 Å². The van der Waals surface area contributed by atoms with Gasteiger partial charge in [-0.15, -0.1) is 11.3 Å². The molecule has 7 nitrogen and oxygen atoms in total. The van der Waals surface area contributed by atoms with Gasteiger partial charge < -0.3 is 25.2 Å². The number of nitrogens with zero attached hydrogens (tertiary/aromatic N) is 2. The molecule has 0 radical (unpaired) electrons. The Hall–Kier alpha value is -2.42. The molecule has 2 aromatic rings. The van der Waals surface area contributed by atoms with Crippen molar-refractivity contribution in [3.8, 4) is 0 Å². The van der Waals surface area contributed by atoms with Crippen molar-refractivity contribution in [1.82, 2.24) is 10.2 Å². The van der Waals surface area contributed by atoms with E-state index in [4.69, 9.17) is 4.74 Å². The van der Waals surface area contributed by atoms with Crippen molar-refractivity contribution in [3.05, 3.63) is 45.8 Å². The Kier molecular flexibility index (Phi) is 7.01. The van der Waals surface area contributed by atoms with Gasteiger partial charge in [0.25, 0.3) is 5.91 Å². The molecule has 0 bridgehead atoms. The minimum absolute atomic E-state index is 0.200. The van der Waals surface area contributed by atoms with Crippen LogP contribution < -0.4 is 15.5 Å². The van der Waals surface area contributed by atoms with Crippen LogP contribution in [0.5, 0.6) is 0 Å². The van der Waals surface area contributed by atoms with Gasteiger partial charge in [0, 0.05) is 53.4 Å². The van der Waals surface area contributed by atoms with Gasteiger partial charge in [0.15, 0.2) is 0 Å². The minimum Gasteiger partial charge on any atom is -0.456 e. The highest BCUT2D eigenvalue weighted by Gasteiger charge is 2.42. The molecule has 1 saturated heterocycles. The first-order valence-electron chi connectivity index (χ1n) is 12.7. The van der Waals surface area contributed by atoms with E-state index >= 15 is 0 Å². The SMILES string of the molecule is CN1CCN(c2ccc(C(=O)Nc3sc4c(c3C(=O)OC(C)(C)C)CC(C)(C)NC4(C)C)cc2)CC1. The summed E-state index contributed by atoms with van der Waals surface area (Å²) < 4.78 is 5.79. The Balaban J connectivity index is 1.63. The smallest absolute Gasteiger partial charge is 0.341 e. The fourth-order valence-corrected chi connectivity index (χ4v) is 6.48. The molecule has 0 unspecified atom stereocenters. The fourth-order valence-electron chi connectivity index (χ4n) is 5.22. The first-order valence-corrected chi connectivity index (χ1v) is 13.5. The van der Waals surface area contributed by atoms with Crippen molar-refractivity contribution in [2.75, 3.05) is 43.4 Å². The van der Waals surface area contributed by atoms with Crippen molar-refractivity contribution in [1.29, 1.82) is 0 Å². The lowest BCUT2D eigenvalue weighted by Gasteiger charge is -2.42. The Morgan fingerprint density at radius 2 is 1.64 bits per heavy atom. The highest BCUT2D eigenvalue weighted by Crippen LogP contribution is 2.45. The summed E-state index contributed by atoms with van der Waals surface area (Å²) in [6, 6.07) is 7.73. The summed E-state index contributed by atoms with van der Waals surface area (Å²) in [6.45, 7) is 18.1. The molecule has 4 rings (SSSR count). The van der Waals surface area contributed by atoms with Crippen molar-refractivity contribution in [2.24, 2.45) is 0 Å². The average molecular weight is 513 g/mol. The Morgan fingerprint density at radius 1 is 1.03 bits per heavy atom. The second kappa shape index (κ2) is 9.47. The van der Waals surface area contributed by atoms with E-state index in [1.54, 1.807) is 0 Å². The molecular weight excluding hydrogens is 472 g/mol. The van der Waals surface area contributed by atoms with Gasteiger partial charge in [-0.05, 0) is 91.8 Å². The zero-order valence-electron chi connectivity index (χ0n) is 22.9. The summed E-state index contributed by atoms with van der Waals surface area (Å²) in [5.41, 5.74) is 1.95. The van der Waals surface area contributed by atoms with Gasteiger partial charge >= 0.3 is 5.97 Å². The number of esters is 1. The van der Waals surface area contributed by atoms with E-state index in [1.165, 1.54) is 11.3 Å². The molecule has 1 fully saturated rings. The van der Waals surface area contributed by atoms with E-state index in [0.29, 0.717) is 22.5 Å². The van der Waals surface area contributed by atoms with E-state index in [1.807, 2.05) is 45.0 Å². The van der Waals surface area contributed by atoms with Gasteiger partial charge in [0.05, 0.1) is 5.56 Å². The first-order chi connectivity index (χ1) is 16.7. The van der Waals surface area contributed by atoms with Crippen LogP contribution in [0.15, 0.2) is 24.3 Å². The summed E-state index contributed by atoms with van der Waals surface area (Å²) in [6.07, 6.45) is 0.673. The second-order valence-corrected chi connectivity index (χ2v) is 13.2. The number of carbonyl (C=O) groups excluding carboxylic acids is 2. The lowest BCUT2D eigenvalue weighted by molar-refractivity contribution is 0.00693. The van der Waals surface area contributed by atoms with Crippen molar-refractivity contribution >= 4 is 33.9 Å². The predicted octanol–water partition coefficient (Wildman–Crippen LogP) is 4.87. The van der Waals surface area contributed by atoms with Gasteiger partial charge in [-0.25, -0.2) is 4.79 Å². The predicted molar refractivity (Wildman–Crippen MR) is 148 cm³/mol. The normalized spacial score (nSPS) is 19.5. The number of amides is 1. The van der Waals surface area contributed by atoms with Crippen LogP contribution in [0.4, 0.5) is 10.7 Å². The fraction of sp³-hybridized carbons (Fsp3) is 0.571. The molecule has 2 aliphatic rings. The van der Waals surface area contributed by atoms with E-state index in [9.17, 15) is 9.59 Å². The van der Waals surface area contributed by atoms with Gasteiger partial charge in [-0.2, -0.15) is 0 Å². The van der Waals surface area contributed by atoms with E-state index in [-0.39, 0.29) is 17.0 Å². The standard InChI is InChI=1S/C28H40N4O3S/c1-26(2,3)35-25(34)21-20-17-27(4,5)30-28(6,7)22(20)36-24(21)29-23(33)18-9-11-19(12-10-18)32-15-13-31(8)14-16-32/h9-12,30H,13-17H2,1-8H3,(H,29,33). The molecule has 36 heavy (non-hydrogen) atoms. The lowest BCUT2D eigenvalue weighted by atomic mass is 9.81. The van der Waals surface area contributed by atoms with Crippen LogP contribution in [0.25, 0.3) is 0 Å². The number of hydrogen-bond donors (Lipinski definition) is 2. The molecule has 0 spiro atoms. The van der Waals surface area contributed by atoms with E-state index in [0.717, 1.165) is 42.3 Å². The van der Waals surface area contributed by atoms with Crippen LogP contribution in [-0.4, -0.2) is 61.1 Å². The Morgan fingerprint density at radius 3 is 2.22 bits per heavy atom. The monoisotopic (exact) mass is 512 g/mol.